The van der Waals surface area contributed by atoms with Crippen molar-refractivity contribution < 1.29 is 0 Å². The van der Waals surface area contributed by atoms with Crippen molar-refractivity contribution in [3.05, 3.63) is 77.5 Å². The summed E-state index contributed by atoms with van der Waals surface area (Å²) >= 11 is 5.88. The average Bonchev–Trinajstić information content (AvgIpc) is 3.47. The molecule has 1 aliphatic heterocycles. The van der Waals surface area contributed by atoms with Crippen LogP contribution in [0.15, 0.2) is 54.9 Å². The van der Waals surface area contributed by atoms with E-state index in [2.05, 4.69) is 62.9 Å². The van der Waals surface area contributed by atoms with Gasteiger partial charge in [-0.25, -0.2) is 4.98 Å². The summed E-state index contributed by atoms with van der Waals surface area (Å²) in [5.41, 5.74) is 4.73. The summed E-state index contributed by atoms with van der Waals surface area (Å²) in [5.74, 6) is 0.953. The van der Waals surface area contributed by atoms with Crippen LogP contribution in [0, 0.1) is 13.8 Å². The lowest BCUT2D eigenvalue weighted by atomic mass is 9.95. The van der Waals surface area contributed by atoms with E-state index in [0.717, 1.165) is 16.6 Å². The molecule has 1 aliphatic carbocycles. The Morgan fingerprint density at radius 2 is 1.73 bits per heavy atom. The van der Waals surface area contributed by atoms with E-state index in [1.54, 1.807) is 0 Å². The van der Waals surface area contributed by atoms with E-state index >= 15 is 0 Å². The Bertz CT molecular complexity index is 1040. The molecule has 30 heavy (non-hydrogen) atoms. The first-order valence-corrected chi connectivity index (χ1v) is 11.2. The molecule has 6 heteroatoms. The molecule has 5 nitrogen and oxygen atoms in total. The second kappa shape index (κ2) is 7.84. The predicted octanol–water partition coefficient (Wildman–Crippen LogP) is 4.80. The van der Waals surface area contributed by atoms with E-state index in [-0.39, 0.29) is 12.1 Å². The van der Waals surface area contributed by atoms with Crippen LogP contribution in [0.4, 0.5) is 0 Å². The smallest absolute Gasteiger partial charge is 0.170 e. The zero-order chi connectivity index (χ0) is 20.7. The molecular weight excluding hydrogens is 390 g/mol. The fourth-order valence-corrected chi connectivity index (χ4v) is 5.59. The van der Waals surface area contributed by atoms with Crippen LogP contribution in [0.25, 0.3) is 5.82 Å². The van der Waals surface area contributed by atoms with Gasteiger partial charge in [-0.1, -0.05) is 25.0 Å². The molecule has 5 rings (SSSR count). The van der Waals surface area contributed by atoms with Crippen molar-refractivity contribution in [3.63, 3.8) is 0 Å². The van der Waals surface area contributed by atoms with Crippen LogP contribution in [0.3, 0.4) is 0 Å². The minimum atomic E-state index is 0.0389. The predicted molar refractivity (Wildman–Crippen MR) is 123 cm³/mol. The maximum Gasteiger partial charge on any atom is 0.170 e. The molecule has 3 aromatic rings. The average molecular weight is 418 g/mol. The van der Waals surface area contributed by atoms with E-state index in [1.807, 2.05) is 30.6 Å². The van der Waals surface area contributed by atoms with Crippen molar-refractivity contribution in [3.8, 4) is 5.82 Å². The highest BCUT2D eigenvalue weighted by Crippen LogP contribution is 2.44. The summed E-state index contributed by atoms with van der Waals surface area (Å²) < 4.78 is 2.25. The summed E-state index contributed by atoms with van der Waals surface area (Å²) in [5, 5.41) is 4.46. The van der Waals surface area contributed by atoms with Gasteiger partial charge in [0, 0.05) is 29.8 Å². The molecule has 0 radical (unpaired) electrons. The number of aryl methyl sites for hydroxylation is 1. The number of nitrogens with one attached hydrogen (secondary N) is 1. The van der Waals surface area contributed by atoms with Gasteiger partial charge in [0.25, 0.3) is 0 Å². The first kappa shape index (κ1) is 19.2. The second-order valence-electron chi connectivity index (χ2n) is 8.32. The normalized spacial score (nSPS) is 21.9. The summed E-state index contributed by atoms with van der Waals surface area (Å²) in [6.07, 6.45) is 8.67. The molecule has 1 saturated carbocycles. The van der Waals surface area contributed by atoms with Crippen LogP contribution in [-0.4, -0.2) is 30.6 Å². The fourth-order valence-electron chi connectivity index (χ4n) is 5.20. The quantitative estimate of drug-likeness (QED) is 0.618. The SMILES string of the molecule is Cc1cc(C2C(c3ccccn3)NC(=S)N2C2CCCC2)c(C)n1-c1ccccn1. The lowest BCUT2D eigenvalue weighted by Gasteiger charge is -2.33. The number of nitrogens with zero attached hydrogens (tertiary/aromatic N) is 4. The highest BCUT2D eigenvalue weighted by molar-refractivity contribution is 7.80. The Labute approximate surface area is 183 Å². The molecular formula is C24H27N5S. The molecule has 0 spiro atoms. The van der Waals surface area contributed by atoms with Crippen LogP contribution in [-0.2, 0) is 0 Å². The summed E-state index contributed by atoms with van der Waals surface area (Å²) in [4.78, 5) is 11.7. The largest absolute Gasteiger partial charge is 0.352 e. The van der Waals surface area contributed by atoms with Crippen molar-refractivity contribution >= 4 is 17.3 Å². The lowest BCUT2D eigenvalue weighted by Crippen LogP contribution is -2.37. The molecule has 0 bridgehead atoms. The van der Waals surface area contributed by atoms with Gasteiger partial charge in [-0.2, -0.15) is 0 Å². The monoisotopic (exact) mass is 417 g/mol. The molecule has 4 heterocycles. The van der Waals surface area contributed by atoms with Gasteiger partial charge in [0.15, 0.2) is 5.11 Å². The number of thiocarbonyl (C=S) groups is 1. The van der Waals surface area contributed by atoms with Gasteiger partial charge >= 0.3 is 0 Å². The maximum absolute atomic E-state index is 5.88. The van der Waals surface area contributed by atoms with Gasteiger partial charge in [-0.15, -0.1) is 0 Å². The Hall–Kier alpha value is -2.73. The van der Waals surface area contributed by atoms with Crippen molar-refractivity contribution in [2.75, 3.05) is 0 Å². The Kier molecular flexibility index (Phi) is 5.03. The minimum absolute atomic E-state index is 0.0389. The molecule has 0 amide bonds. The topological polar surface area (TPSA) is 46.0 Å². The standard InChI is InChI=1S/C24H27N5S/c1-16-15-19(17(2)28(16)21-12-6-8-14-26-21)23-22(20-11-5-7-13-25-20)27-24(30)29(23)18-9-3-4-10-18/h5-8,11-15,18,22-23H,3-4,9-10H2,1-2H3,(H,27,30). The maximum atomic E-state index is 5.88. The second-order valence-corrected chi connectivity index (χ2v) is 8.71. The molecule has 154 valence electrons. The van der Waals surface area contributed by atoms with E-state index in [1.165, 1.54) is 42.6 Å². The van der Waals surface area contributed by atoms with Gasteiger partial charge in [0.2, 0.25) is 0 Å². The number of aromatic nitrogens is 3. The van der Waals surface area contributed by atoms with Gasteiger partial charge < -0.3 is 14.8 Å². The van der Waals surface area contributed by atoms with E-state index in [4.69, 9.17) is 12.2 Å². The number of rotatable bonds is 4. The van der Waals surface area contributed by atoms with E-state index < -0.39 is 0 Å². The number of pyridine rings is 2. The van der Waals surface area contributed by atoms with Crippen LogP contribution in [0.1, 0.15) is 60.4 Å². The molecule has 1 saturated heterocycles. The first-order valence-electron chi connectivity index (χ1n) is 10.7. The third kappa shape index (κ3) is 3.19. The van der Waals surface area contributed by atoms with Gasteiger partial charge in [0.05, 0.1) is 17.8 Å². The zero-order valence-electron chi connectivity index (χ0n) is 17.5. The van der Waals surface area contributed by atoms with Crippen LogP contribution in [0.2, 0.25) is 0 Å². The summed E-state index contributed by atoms with van der Waals surface area (Å²) in [7, 11) is 0. The van der Waals surface area contributed by atoms with Gasteiger partial charge in [-0.3, -0.25) is 4.98 Å². The molecule has 3 aromatic heterocycles. The molecule has 1 N–H and O–H groups in total. The Morgan fingerprint density at radius 1 is 1.00 bits per heavy atom. The van der Waals surface area contributed by atoms with Crippen LogP contribution >= 0.6 is 12.2 Å². The molecule has 2 unspecified atom stereocenters. The fraction of sp³-hybridized carbons (Fsp3) is 0.375. The van der Waals surface area contributed by atoms with Crippen molar-refractivity contribution in [1.29, 1.82) is 0 Å². The highest BCUT2D eigenvalue weighted by atomic mass is 32.1. The molecule has 0 aromatic carbocycles. The molecule has 2 aliphatic rings. The van der Waals surface area contributed by atoms with Crippen LogP contribution in [0.5, 0.6) is 0 Å². The van der Waals surface area contributed by atoms with E-state index in [0.29, 0.717) is 6.04 Å². The third-order valence-electron chi connectivity index (χ3n) is 6.52. The minimum Gasteiger partial charge on any atom is -0.352 e. The molecule has 2 fully saturated rings. The summed E-state index contributed by atoms with van der Waals surface area (Å²) in [6.45, 7) is 4.35. The van der Waals surface area contributed by atoms with Gasteiger partial charge in [-0.05, 0) is 74.8 Å². The zero-order valence-corrected chi connectivity index (χ0v) is 18.3. The number of hydrogen-bond acceptors (Lipinski definition) is 3. The first-order chi connectivity index (χ1) is 14.6. The Balaban J connectivity index is 1.64. The van der Waals surface area contributed by atoms with Gasteiger partial charge in [0.1, 0.15) is 5.82 Å². The summed E-state index contributed by atoms with van der Waals surface area (Å²) in [6, 6.07) is 15.1. The lowest BCUT2D eigenvalue weighted by molar-refractivity contribution is 0.245. The van der Waals surface area contributed by atoms with Crippen molar-refractivity contribution in [2.45, 2.75) is 57.7 Å². The van der Waals surface area contributed by atoms with E-state index in [9.17, 15) is 0 Å². The number of hydrogen-bond donors (Lipinski definition) is 1. The van der Waals surface area contributed by atoms with Crippen molar-refractivity contribution in [1.82, 2.24) is 24.8 Å². The third-order valence-corrected chi connectivity index (χ3v) is 6.85. The Morgan fingerprint density at radius 3 is 2.40 bits per heavy atom. The highest BCUT2D eigenvalue weighted by Gasteiger charge is 2.44. The van der Waals surface area contributed by atoms with Crippen molar-refractivity contribution in [2.24, 2.45) is 0 Å². The molecule has 2 atom stereocenters. The van der Waals surface area contributed by atoms with Crippen LogP contribution < -0.4 is 5.32 Å².